The van der Waals surface area contributed by atoms with Crippen molar-refractivity contribution in [3.63, 3.8) is 0 Å². The fourth-order valence-corrected chi connectivity index (χ4v) is 4.56. The predicted octanol–water partition coefficient (Wildman–Crippen LogP) is 6.03. The largest absolute Gasteiger partial charge is 0.416 e. The van der Waals surface area contributed by atoms with Crippen molar-refractivity contribution in [2.75, 3.05) is 5.75 Å². The van der Waals surface area contributed by atoms with Crippen LogP contribution in [0.25, 0.3) is 11.0 Å². The molecule has 0 aliphatic rings. The van der Waals surface area contributed by atoms with E-state index in [4.69, 9.17) is 0 Å². The van der Waals surface area contributed by atoms with Crippen molar-refractivity contribution in [1.29, 1.82) is 0 Å². The molecule has 2 heterocycles. The molecule has 0 radical (unpaired) electrons. The van der Waals surface area contributed by atoms with E-state index in [9.17, 15) is 18.0 Å². The molecule has 0 bridgehead atoms. The lowest BCUT2D eigenvalue weighted by molar-refractivity contribution is -0.137. The van der Waals surface area contributed by atoms with Gasteiger partial charge in [0.1, 0.15) is 0 Å². The highest BCUT2D eigenvalue weighted by molar-refractivity contribution is 7.99. The third kappa shape index (κ3) is 4.32. The minimum atomic E-state index is -4.44. The first-order chi connectivity index (χ1) is 15.1. The molecule has 4 rings (SSSR count). The van der Waals surface area contributed by atoms with Crippen LogP contribution in [-0.4, -0.2) is 25.7 Å². The topological polar surface area (TPSA) is 39.8 Å². The number of aryl methyl sites for hydroxylation is 1. The number of benzene rings is 2. The number of carbonyl (C=O) groups excluding carboxylic acids is 1. The Bertz CT molecular complexity index is 1290. The molecular weight excluding hydrogens is 435 g/mol. The maximum atomic E-state index is 13.2. The van der Waals surface area contributed by atoms with E-state index in [0.29, 0.717) is 22.8 Å². The number of imidazole rings is 1. The molecule has 4 aromatic rings. The zero-order chi connectivity index (χ0) is 23.0. The normalized spacial score (nSPS) is 11.9. The molecule has 0 spiro atoms. The summed E-state index contributed by atoms with van der Waals surface area (Å²) >= 11 is 1.24. The van der Waals surface area contributed by atoms with Crippen molar-refractivity contribution in [3.8, 4) is 0 Å². The van der Waals surface area contributed by atoms with Crippen LogP contribution in [0.3, 0.4) is 0 Å². The van der Waals surface area contributed by atoms with Crippen molar-refractivity contribution in [2.45, 2.75) is 31.7 Å². The Morgan fingerprint density at radius 3 is 2.41 bits per heavy atom. The first-order valence-corrected chi connectivity index (χ1v) is 11.0. The molecule has 2 aromatic heterocycles. The lowest BCUT2D eigenvalue weighted by atomic mass is 10.2. The van der Waals surface area contributed by atoms with Gasteiger partial charge in [0.05, 0.1) is 28.9 Å². The number of alkyl halides is 3. The smallest absolute Gasteiger partial charge is 0.351 e. The van der Waals surface area contributed by atoms with Gasteiger partial charge in [0, 0.05) is 24.0 Å². The van der Waals surface area contributed by atoms with Gasteiger partial charge in [0.25, 0.3) is 0 Å². The molecule has 2 aromatic carbocycles. The maximum Gasteiger partial charge on any atom is 0.416 e. The summed E-state index contributed by atoms with van der Waals surface area (Å²) in [7, 11) is 1.91. The van der Waals surface area contributed by atoms with Gasteiger partial charge in [0.15, 0.2) is 10.9 Å². The highest BCUT2D eigenvalue weighted by atomic mass is 32.2. The summed E-state index contributed by atoms with van der Waals surface area (Å²) in [6.07, 6.45) is -4.44. The number of ketones is 1. The molecule has 0 aliphatic heterocycles. The van der Waals surface area contributed by atoms with E-state index in [1.54, 1.807) is 0 Å². The van der Waals surface area contributed by atoms with Gasteiger partial charge in [-0.05, 0) is 43.7 Å². The van der Waals surface area contributed by atoms with Crippen molar-refractivity contribution in [2.24, 2.45) is 7.05 Å². The quantitative estimate of drug-likeness (QED) is 0.262. The van der Waals surface area contributed by atoms with Crippen LogP contribution in [-0.2, 0) is 19.8 Å². The lowest BCUT2D eigenvalue weighted by Crippen LogP contribution is -2.07. The Balaban J connectivity index is 1.69. The van der Waals surface area contributed by atoms with Gasteiger partial charge in [-0.15, -0.1) is 0 Å². The van der Waals surface area contributed by atoms with Gasteiger partial charge in [0.2, 0.25) is 0 Å². The molecule has 0 amide bonds. The lowest BCUT2D eigenvalue weighted by Gasteiger charge is -2.10. The second-order valence-corrected chi connectivity index (χ2v) is 8.67. The van der Waals surface area contributed by atoms with Gasteiger partial charge < -0.3 is 9.13 Å². The number of hydrogen-bond acceptors (Lipinski definition) is 3. The standard InChI is InChI=1S/C24H22F3N3OS/c1-15-11-19(16(2)29(15)3)22(31)14-32-23-28-20-12-18(24(25,26)27)9-10-21(20)30(23)13-17-7-5-4-6-8-17/h4-12H,13-14H2,1-3H3. The molecule has 0 unspecified atom stereocenters. The average Bonchev–Trinajstić information content (AvgIpc) is 3.23. The number of Topliss-reactive ketones (excluding diaryl/α,β-unsaturated/α-hetero) is 1. The van der Waals surface area contributed by atoms with Gasteiger partial charge in [-0.1, -0.05) is 42.1 Å². The number of halogens is 3. The Hall–Kier alpha value is -3.00. The highest BCUT2D eigenvalue weighted by Crippen LogP contribution is 2.33. The summed E-state index contributed by atoms with van der Waals surface area (Å²) in [6, 6.07) is 15.1. The molecule has 32 heavy (non-hydrogen) atoms. The van der Waals surface area contributed by atoms with Crippen LogP contribution in [0.5, 0.6) is 0 Å². The molecule has 0 saturated carbocycles. The van der Waals surface area contributed by atoms with Crippen molar-refractivity contribution < 1.29 is 18.0 Å². The molecule has 166 valence electrons. The van der Waals surface area contributed by atoms with E-state index in [-0.39, 0.29) is 17.1 Å². The number of nitrogens with zero attached hydrogens (tertiary/aromatic N) is 3. The number of carbonyl (C=O) groups is 1. The second kappa shape index (κ2) is 8.50. The Kier molecular flexibility index (Phi) is 5.90. The van der Waals surface area contributed by atoms with Crippen LogP contribution in [0.15, 0.2) is 59.8 Å². The van der Waals surface area contributed by atoms with Crippen molar-refractivity contribution >= 4 is 28.6 Å². The third-order valence-electron chi connectivity index (χ3n) is 5.63. The van der Waals surface area contributed by atoms with Crippen LogP contribution >= 0.6 is 11.8 Å². The van der Waals surface area contributed by atoms with E-state index < -0.39 is 11.7 Å². The molecular formula is C24H22F3N3OS. The van der Waals surface area contributed by atoms with E-state index >= 15 is 0 Å². The van der Waals surface area contributed by atoms with Crippen molar-refractivity contribution in [1.82, 2.24) is 14.1 Å². The van der Waals surface area contributed by atoms with E-state index in [1.165, 1.54) is 17.8 Å². The van der Waals surface area contributed by atoms with Gasteiger partial charge in [-0.3, -0.25) is 4.79 Å². The van der Waals surface area contributed by atoms with Crippen LogP contribution in [0.2, 0.25) is 0 Å². The molecule has 0 saturated heterocycles. The second-order valence-electron chi connectivity index (χ2n) is 7.72. The first-order valence-electron chi connectivity index (χ1n) is 10.1. The van der Waals surface area contributed by atoms with Crippen molar-refractivity contribution in [3.05, 3.63) is 82.7 Å². The molecule has 4 nitrogen and oxygen atoms in total. The fraction of sp³-hybridized carbons (Fsp3) is 0.250. The zero-order valence-corrected chi connectivity index (χ0v) is 18.7. The summed E-state index contributed by atoms with van der Waals surface area (Å²) in [5, 5.41) is 0.516. The minimum Gasteiger partial charge on any atom is -0.351 e. The summed E-state index contributed by atoms with van der Waals surface area (Å²) in [5.74, 6) is 0.111. The number of thioether (sulfide) groups is 1. The van der Waals surface area contributed by atoms with Gasteiger partial charge in [-0.2, -0.15) is 13.2 Å². The van der Waals surface area contributed by atoms with Gasteiger partial charge in [-0.25, -0.2) is 4.98 Å². The van der Waals surface area contributed by atoms with Crippen LogP contribution in [0, 0.1) is 13.8 Å². The third-order valence-corrected chi connectivity index (χ3v) is 6.61. The summed E-state index contributed by atoms with van der Waals surface area (Å²) in [5.41, 5.74) is 3.66. The molecule has 0 atom stereocenters. The Morgan fingerprint density at radius 1 is 1.06 bits per heavy atom. The predicted molar refractivity (Wildman–Crippen MR) is 120 cm³/mol. The molecule has 0 fully saturated rings. The van der Waals surface area contributed by atoms with Crippen LogP contribution < -0.4 is 0 Å². The first kappa shape index (κ1) is 22.2. The number of hydrogen-bond donors (Lipinski definition) is 0. The maximum absolute atomic E-state index is 13.2. The number of fused-ring (bicyclic) bond motifs is 1. The fourth-order valence-electron chi connectivity index (χ4n) is 3.66. The number of aromatic nitrogens is 3. The highest BCUT2D eigenvalue weighted by Gasteiger charge is 2.31. The Morgan fingerprint density at radius 2 is 1.78 bits per heavy atom. The monoisotopic (exact) mass is 457 g/mol. The van der Waals surface area contributed by atoms with Gasteiger partial charge >= 0.3 is 6.18 Å². The van der Waals surface area contributed by atoms with E-state index in [1.807, 2.05) is 66.4 Å². The molecule has 0 aliphatic carbocycles. The molecule has 8 heteroatoms. The average molecular weight is 458 g/mol. The van der Waals surface area contributed by atoms with E-state index in [0.717, 1.165) is 29.1 Å². The molecule has 0 N–H and O–H groups in total. The summed E-state index contributed by atoms with van der Waals surface area (Å²) < 4.78 is 43.4. The summed E-state index contributed by atoms with van der Waals surface area (Å²) in [4.78, 5) is 17.3. The number of rotatable bonds is 6. The summed E-state index contributed by atoms with van der Waals surface area (Å²) in [6.45, 7) is 4.28. The minimum absolute atomic E-state index is 0.0366. The van der Waals surface area contributed by atoms with Crippen LogP contribution in [0.4, 0.5) is 13.2 Å². The van der Waals surface area contributed by atoms with E-state index in [2.05, 4.69) is 4.98 Å². The SMILES string of the molecule is Cc1cc(C(=O)CSc2nc3cc(C(F)(F)F)ccc3n2Cc2ccccc2)c(C)n1C. The van der Waals surface area contributed by atoms with Crippen LogP contribution in [0.1, 0.15) is 32.9 Å². The Labute approximate surface area is 188 Å². The zero-order valence-electron chi connectivity index (χ0n) is 17.9.